The van der Waals surface area contributed by atoms with E-state index in [4.69, 9.17) is 10.5 Å². The Morgan fingerprint density at radius 3 is 2.81 bits per heavy atom. The molecule has 1 unspecified atom stereocenters. The number of methoxy groups -OCH3 is 1. The topological polar surface area (TPSA) is 51.4 Å². The van der Waals surface area contributed by atoms with Gasteiger partial charge in [-0.25, -0.2) is 4.39 Å². The molecule has 1 aromatic heterocycles. The minimum Gasteiger partial charge on any atom is -0.497 e. The molecule has 1 aromatic carbocycles. The molecule has 1 aliphatic heterocycles. The number of fused-ring (bicyclic) bond motifs is 1. The van der Waals surface area contributed by atoms with E-state index in [9.17, 15) is 4.39 Å². The Balaban J connectivity index is 1.91. The first-order chi connectivity index (χ1) is 10.2. The number of nitrogens with two attached hydrogens (primary N) is 1. The lowest BCUT2D eigenvalue weighted by Crippen LogP contribution is -2.27. The molecule has 0 saturated heterocycles. The summed E-state index contributed by atoms with van der Waals surface area (Å²) in [5, 5.41) is 0. The molecule has 0 fully saturated rings. The lowest BCUT2D eigenvalue weighted by atomic mass is 10.0. The first kappa shape index (κ1) is 14.0. The van der Waals surface area contributed by atoms with Crippen molar-refractivity contribution in [3.63, 3.8) is 0 Å². The highest BCUT2D eigenvalue weighted by Crippen LogP contribution is 2.37. The molecule has 0 radical (unpaired) electrons. The molecular weight excluding hydrogens is 269 g/mol. The Morgan fingerprint density at radius 2 is 2.14 bits per heavy atom. The maximum atomic E-state index is 14.2. The van der Waals surface area contributed by atoms with Crippen molar-refractivity contribution < 1.29 is 9.13 Å². The van der Waals surface area contributed by atoms with E-state index in [1.807, 2.05) is 18.2 Å². The molecule has 1 aliphatic rings. The zero-order valence-electron chi connectivity index (χ0n) is 11.9. The minimum absolute atomic E-state index is 0.0118. The molecule has 0 amide bonds. The maximum absolute atomic E-state index is 14.2. The second kappa shape index (κ2) is 5.79. The van der Waals surface area contributed by atoms with E-state index in [1.54, 1.807) is 19.5 Å². The number of ether oxygens (including phenoxy) is 1. The number of halogens is 1. The molecule has 3 rings (SSSR count). The molecule has 0 spiro atoms. The summed E-state index contributed by atoms with van der Waals surface area (Å²) in [5.41, 5.74) is 8.72. The number of pyridine rings is 1. The third-order valence-corrected chi connectivity index (χ3v) is 3.96. The lowest BCUT2D eigenvalue weighted by molar-refractivity contribution is 0.210. The van der Waals surface area contributed by atoms with Gasteiger partial charge in [-0.05, 0) is 29.3 Å². The molecule has 0 saturated carbocycles. The first-order valence-electron chi connectivity index (χ1n) is 6.92. The van der Waals surface area contributed by atoms with E-state index >= 15 is 0 Å². The van der Waals surface area contributed by atoms with E-state index in [2.05, 4.69) is 9.88 Å². The van der Waals surface area contributed by atoms with Crippen LogP contribution in [-0.4, -0.2) is 23.5 Å². The highest BCUT2D eigenvalue weighted by molar-refractivity contribution is 5.42. The molecule has 2 N–H and O–H groups in total. The smallest absolute Gasteiger partial charge is 0.131 e. The summed E-state index contributed by atoms with van der Waals surface area (Å²) in [6.07, 6.45) is 3.53. The van der Waals surface area contributed by atoms with E-state index < -0.39 is 0 Å². The third-order valence-electron chi connectivity index (χ3n) is 3.96. The third kappa shape index (κ3) is 2.62. The zero-order chi connectivity index (χ0) is 14.8. The van der Waals surface area contributed by atoms with Gasteiger partial charge in [-0.15, -0.1) is 0 Å². The van der Waals surface area contributed by atoms with Gasteiger partial charge in [-0.2, -0.15) is 0 Å². The van der Waals surface area contributed by atoms with Crippen molar-refractivity contribution in [3.05, 3.63) is 59.2 Å². The Hall–Kier alpha value is -1.98. The number of rotatable bonds is 4. The van der Waals surface area contributed by atoms with Crippen molar-refractivity contribution in [2.75, 3.05) is 13.7 Å². The van der Waals surface area contributed by atoms with E-state index in [-0.39, 0.29) is 11.9 Å². The molecule has 1 atom stereocenters. The van der Waals surface area contributed by atoms with Crippen molar-refractivity contribution in [3.8, 4) is 5.75 Å². The van der Waals surface area contributed by atoms with Crippen molar-refractivity contribution in [2.24, 2.45) is 5.73 Å². The summed E-state index contributed by atoms with van der Waals surface area (Å²) in [7, 11) is 1.54. The van der Waals surface area contributed by atoms with Crippen LogP contribution in [0.25, 0.3) is 0 Å². The van der Waals surface area contributed by atoms with Gasteiger partial charge in [-0.1, -0.05) is 0 Å². The lowest BCUT2D eigenvalue weighted by Gasteiger charge is -2.23. The second-order valence-electron chi connectivity index (χ2n) is 5.19. The van der Waals surface area contributed by atoms with Crippen LogP contribution >= 0.6 is 0 Å². The maximum Gasteiger partial charge on any atom is 0.131 e. The number of hydrogen-bond donors (Lipinski definition) is 1. The SMILES string of the molecule is COc1cc(F)c2c(c1)C(CN)N(Cc1ccncc1)C2. The monoisotopic (exact) mass is 287 g/mol. The van der Waals surface area contributed by atoms with Gasteiger partial charge in [0.15, 0.2) is 0 Å². The summed E-state index contributed by atoms with van der Waals surface area (Å²) >= 11 is 0. The number of aromatic nitrogens is 1. The van der Waals surface area contributed by atoms with Gasteiger partial charge in [0.25, 0.3) is 0 Å². The van der Waals surface area contributed by atoms with Crippen LogP contribution < -0.4 is 10.5 Å². The van der Waals surface area contributed by atoms with Crippen LogP contribution in [0.15, 0.2) is 36.7 Å². The van der Waals surface area contributed by atoms with Crippen molar-refractivity contribution in [1.82, 2.24) is 9.88 Å². The van der Waals surface area contributed by atoms with Gasteiger partial charge in [0.1, 0.15) is 11.6 Å². The van der Waals surface area contributed by atoms with E-state index in [1.165, 1.54) is 6.07 Å². The average Bonchev–Trinajstić information content (AvgIpc) is 2.86. The number of benzene rings is 1. The average molecular weight is 287 g/mol. The molecule has 110 valence electrons. The van der Waals surface area contributed by atoms with E-state index in [0.717, 1.165) is 23.2 Å². The van der Waals surface area contributed by atoms with Gasteiger partial charge in [0.2, 0.25) is 0 Å². The van der Waals surface area contributed by atoms with Gasteiger partial charge in [-0.3, -0.25) is 9.88 Å². The fraction of sp³-hybridized carbons (Fsp3) is 0.312. The summed E-state index contributed by atoms with van der Waals surface area (Å²) in [5.74, 6) is 0.315. The van der Waals surface area contributed by atoms with Crippen LogP contribution in [0.4, 0.5) is 4.39 Å². The zero-order valence-corrected chi connectivity index (χ0v) is 11.9. The highest BCUT2D eigenvalue weighted by Gasteiger charge is 2.31. The summed E-state index contributed by atoms with van der Waals surface area (Å²) < 4.78 is 19.4. The van der Waals surface area contributed by atoms with Crippen LogP contribution in [0.2, 0.25) is 0 Å². The number of hydrogen-bond acceptors (Lipinski definition) is 4. The van der Waals surface area contributed by atoms with Gasteiger partial charge in [0.05, 0.1) is 7.11 Å². The predicted molar refractivity (Wildman–Crippen MR) is 78.2 cm³/mol. The predicted octanol–water partition coefficient (Wildman–Crippen LogP) is 2.24. The largest absolute Gasteiger partial charge is 0.497 e. The van der Waals surface area contributed by atoms with Gasteiger partial charge >= 0.3 is 0 Å². The second-order valence-corrected chi connectivity index (χ2v) is 5.19. The molecule has 21 heavy (non-hydrogen) atoms. The van der Waals surface area contributed by atoms with Crippen LogP contribution in [0.3, 0.4) is 0 Å². The van der Waals surface area contributed by atoms with Crippen LogP contribution in [0.1, 0.15) is 22.7 Å². The highest BCUT2D eigenvalue weighted by atomic mass is 19.1. The Kier molecular flexibility index (Phi) is 3.86. The Bertz CT molecular complexity index is 633. The van der Waals surface area contributed by atoms with Crippen molar-refractivity contribution in [1.29, 1.82) is 0 Å². The summed E-state index contributed by atoms with van der Waals surface area (Å²) in [6.45, 7) is 1.74. The molecule has 5 heteroatoms. The summed E-state index contributed by atoms with van der Waals surface area (Å²) in [6, 6.07) is 7.27. The fourth-order valence-corrected chi connectivity index (χ4v) is 2.89. The molecule has 2 heterocycles. The van der Waals surface area contributed by atoms with E-state index in [0.29, 0.717) is 18.8 Å². The van der Waals surface area contributed by atoms with Crippen LogP contribution in [-0.2, 0) is 13.1 Å². The Morgan fingerprint density at radius 1 is 1.38 bits per heavy atom. The van der Waals surface area contributed by atoms with Crippen LogP contribution in [0, 0.1) is 5.82 Å². The standard InChI is InChI=1S/C16H18FN3O/c1-21-12-6-13-14(15(17)7-12)10-20(16(13)8-18)9-11-2-4-19-5-3-11/h2-7,16H,8-10,18H2,1H3. The van der Waals surface area contributed by atoms with Gasteiger partial charge in [0, 0.05) is 49.7 Å². The molecule has 2 aromatic rings. The summed E-state index contributed by atoms with van der Waals surface area (Å²) in [4.78, 5) is 6.20. The van der Waals surface area contributed by atoms with Crippen LogP contribution in [0.5, 0.6) is 5.75 Å². The fourth-order valence-electron chi connectivity index (χ4n) is 2.89. The first-order valence-corrected chi connectivity index (χ1v) is 6.92. The molecule has 0 bridgehead atoms. The minimum atomic E-state index is -0.222. The quantitative estimate of drug-likeness (QED) is 0.937. The molecule has 0 aliphatic carbocycles. The van der Waals surface area contributed by atoms with Crippen molar-refractivity contribution in [2.45, 2.75) is 19.1 Å². The Labute approximate surface area is 123 Å². The molecule has 4 nitrogen and oxygen atoms in total. The van der Waals surface area contributed by atoms with Crippen molar-refractivity contribution >= 4 is 0 Å². The van der Waals surface area contributed by atoms with Gasteiger partial charge < -0.3 is 10.5 Å². The number of nitrogens with zero attached hydrogens (tertiary/aromatic N) is 2. The normalized spacial score (nSPS) is 17.8. The molecular formula is C16H18FN3O.